The van der Waals surface area contributed by atoms with Crippen molar-refractivity contribution in [2.45, 2.75) is 37.5 Å². The van der Waals surface area contributed by atoms with Gasteiger partial charge in [-0.3, -0.25) is 4.98 Å². The van der Waals surface area contributed by atoms with Gasteiger partial charge in [0.05, 0.1) is 23.1 Å². The van der Waals surface area contributed by atoms with Crippen molar-refractivity contribution in [3.8, 4) is 0 Å². The first-order chi connectivity index (χ1) is 8.99. The molecule has 0 unspecified atom stereocenters. The molecule has 1 heterocycles. The van der Waals surface area contributed by atoms with E-state index in [1.807, 2.05) is 0 Å². The van der Waals surface area contributed by atoms with E-state index >= 15 is 0 Å². The average molecular weight is 284 g/mol. The van der Waals surface area contributed by atoms with E-state index in [0.717, 1.165) is 12.8 Å². The Bertz CT molecular complexity index is 565. The third-order valence-corrected chi connectivity index (χ3v) is 5.15. The first-order valence-electron chi connectivity index (χ1n) is 6.16. The minimum absolute atomic E-state index is 0.0277. The number of carbonyl (C=O) groups is 1. The van der Waals surface area contributed by atoms with E-state index in [1.165, 1.54) is 18.3 Å². The minimum atomic E-state index is -3.33. The van der Waals surface area contributed by atoms with Gasteiger partial charge in [-0.25, -0.2) is 17.9 Å². The van der Waals surface area contributed by atoms with Crippen LogP contribution in [0.25, 0.3) is 0 Å². The van der Waals surface area contributed by atoms with E-state index in [0.29, 0.717) is 18.5 Å². The first kappa shape index (κ1) is 14.0. The molecule has 0 spiro atoms. The molecule has 1 aliphatic carbocycles. The zero-order chi connectivity index (χ0) is 13.9. The Morgan fingerprint density at radius 1 is 1.42 bits per heavy atom. The molecule has 1 fully saturated rings. The van der Waals surface area contributed by atoms with Crippen LogP contribution >= 0.6 is 0 Å². The van der Waals surface area contributed by atoms with Crippen LogP contribution < -0.4 is 4.72 Å². The van der Waals surface area contributed by atoms with Crippen molar-refractivity contribution in [2.75, 3.05) is 0 Å². The lowest BCUT2D eigenvalue weighted by molar-refractivity contribution is 0.0696. The Kier molecular flexibility index (Phi) is 4.16. The summed E-state index contributed by atoms with van der Waals surface area (Å²) in [6.07, 6.45) is 4.63. The van der Waals surface area contributed by atoms with Gasteiger partial charge in [-0.05, 0) is 25.0 Å². The third-order valence-electron chi connectivity index (χ3n) is 3.26. The Hall–Kier alpha value is -1.47. The van der Waals surface area contributed by atoms with Crippen LogP contribution in [0.2, 0.25) is 0 Å². The van der Waals surface area contributed by atoms with Crippen LogP contribution in [-0.2, 0) is 16.6 Å². The second kappa shape index (κ2) is 5.66. The summed E-state index contributed by atoms with van der Waals surface area (Å²) in [5, 5.41) is 8.52. The van der Waals surface area contributed by atoms with Gasteiger partial charge in [0.2, 0.25) is 10.0 Å². The van der Waals surface area contributed by atoms with Crippen molar-refractivity contribution in [3.63, 3.8) is 0 Å². The van der Waals surface area contributed by atoms with E-state index in [-0.39, 0.29) is 17.4 Å². The van der Waals surface area contributed by atoms with Gasteiger partial charge in [-0.2, -0.15) is 0 Å². The number of pyridine rings is 1. The number of aromatic nitrogens is 1. The molecule has 0 aliphatic heterocycles. The van der Waals surface area contributed by atoms with Gasteiger partial charge in [0.15, 0.2) is 0 Å². The summed E-state index contributed by atoms with van der Waals surface area (Å²) in [5.74, 6) is -1.05. The fraction of sp³-hybridized carbons (Fsp3) is 0.500. The molecule has 0 radical (unpaired) electrons. The lowest BCUT2D eigenvalue weighted by Crippen LogP contribution is -2.32. The number of sulfonamides is 1. The number of nitrogens with one attached hydrogen (secondary N) is 1. The zero-order valence-corrected chi connectivity index (χ0v) is 11.2. The van der Waals surface area contributed by atoms with Crippen LogP contribution in [0.4, 0.5) is 0 Å². The van der Waals surface area contributed by atoms with E-state index in [4.69, 9.17) is 5.11 Å². The standard InChI is InChI=1S/C12H16N2O4S/c15-12(16)9-5-6-13-10(7-9)8-14-19(17,18)11-3-1-2-4-11/h5-7,11,14H,1-4,8H2,(H,15,16). The third kappa shape index (κ3) is 3.51. The maximum Gasteiger partial charge on any atom is 0.335 e. The molecule has 1 aromatic rings. The van der Waals surface area contributed by atoms with Crippen molar-refractivity contribution in [1.82, 2.24) is 9.71 Å². The lowest BCUT2D eigenvalue weighted by Gasteiger charge is -2.12. The molecule has 0 bridgehead atoms. The summed E-state index contributed by atoms with van der Waals surface area (Å²) in [5.41, 5.74) is 0.506. The highest BCUT2D eigenvalue weighted by Crippen LogP contribution is 2.24. The van der Waals surface area contributed by atoms with E-state index in [2.05, 4.69) is 9.71 Å². The largest absolute Gasteiger partial charge is 0.478 e. The molecule has 0 atom stereocenters. The summed E-state index contributed by atoms with van der Waals surface area (Å²) in [6.45, 7) is 0.0277. The van der Waals surface area contributed by atoms with Gasteiger partial charge in [0.1, 0.15) is 0 Å². The van der Waals surface area contributed by atoms with Crippen molar-refractivity contribution < 1.29 is 18.3 Å². The summed E-state index contributed by atoms with van der Waals surface area (Å²) in [7, 11) is -3.33. The van der Waals surface area contributed by atoms with Gasteiger partial charge < -0.3 is 5.11 Å². The number of hydrogen-bond acceptors (Lipinski definition) is 4. The van der Waals surface area contributed by atoms with Crippen molar-refractivity contribution in [1.29, 1.82) is 0 Å². The maximum absolute atomic E-state index is 12.0. The van der Waals surface area contributed by atoms with Crippen molar-refractivity contribution in [3.05, 3.63) is 29.6 Å². The normalized spacial score (nSPS) is 16.6. The number of aromatic carboxylic acids is 1. The monoisotopic (exact) mass is 284 g/mol. The summed E-state index contributed by atoms with van der Waals surface area (Å²) < 4.78 is 26.4. The fourth-order valence-corrected chi connectivity index (χ4v) is 3.74. The van der Waals surface area contributed by atoms with Crippen LogP contribution in [0, 0.1) is 0 Å². The van der Waals surface area contributed by atoms with Crippen LogP contribution in [0.5, 0.6) is 0 Å². The van der Waals surface area contributed by atoms with E-state index in [9.17, 15) is 13.2 Å². The molecule has 2 N–H and O–H groups in total. The van der Waals surface area contributed by atoms with Crippen molar-refractivity contribution in [2.24, 2.45) is 0 Å². The van der Waals surface area contributed by atoms with Gasteiger partial charge in [0, 0.05) is 6.20 Å². The quantitative estimate of drug-likeness (QED) is 0.845. The van der Waals surface area contributed by atoms with Crippen LogP contribution in [0.3, 0.4) is 0 Å². The SMILES string of the molecule is O=C(O)c1ccnc(CNS(=O)(=O)C2CCCC2)c1. The predicted molar refractivity (Wildman–Crippen MR) is 69.2 cm³/mol. The van der Waals surface area contributed by atoms with Crippen molar-refractivity contribution >= 4 is 16.0 Å². The molecule has 6 nitrogen and oxygen atoms in total. The molecule has 0 amide bonds. The molecule has 0 saturated heterocycles. The van der Waals surface area contributed by atoms with Gasteiger partial charge in [-0.15, -0.1) is 0 Å². The highest BCUT2D eigenvalue weighted by atomic mass is 32.2. The van der Waals surface area contributed by atoms with Crippen LogP contribution in [-0.4, -0.2) is 29.7 Å². The molecular weight excluding hydrogens is 268 g/mol. The number of rotatable bonds is 5. The molecule has 1 saturated carbocycles. The number of carboxylic acid groups (broad SMARTS) is 1. The smallest absolute Gasteiger partial charge is 0.335 e. The molecule has 0 aromatic carbocycles. The van der Waals surface area contributed by atoms with E-state index in [1.54, 1.807) is 0 Å². The number of hydrogen-bond donors (Lipinski definition) is 2. The Balaban J connectivity index is 2.02. The van der Waals surface area contributed by atoms with Gasteiger partial charge >= 0.3 is 5.97 Å². The first-order valence-corrected chi connectivity index (χ1v) is 7.70. The van der Waals surface area contributed by atoms with Gasteiger partial charge in [-0.1, -0.05) is 12.8 Å². The molecule has 1 aliphatic rings. The lowest BCUT2D eigenvalue weighted by atomic mass is 10.2. The van der Waals surface area contributed by atoms with Gasteiger partial charge in [0.25, 0.3) is 0 Å². The Morgan fingerprint density at radius 2 is 2.11 bits per heavy atom. The molecular formula is C12H16N2O4S. The molecule has 7 heteroatoms. The number of carboxylic acids is 1. The average Bonchev–Trinajstić information content (AvgIpc) is 2.91. The van der Waals surface area contributed by atoms with Crippen LogP contribution in [0.1, 0.15) is 41.7 Å². The summed E-state index contributed by atoms with van der Waals surface area (Å²) in [6, 6.07) is 2.75. The fourth-order valence-electron chi connectivity index (χ4n) is 2.20. The van der Waals surface area contributed by atoms with E-state index < -0.39 is 16.0 Å². The highest BCUT2D eigenvalue weighted by Gasteiger charge is 2.28. The maximum atomic E-state index is 12.0. The van der Waals surface area contributed by atoms with Crippen LogP contribution in [0.15, 0.2) is 18.3 Å². The zero-order valence-electron chi connectivity index (χ0n) is 10.4. The molecule has 1 aromatic heterocycles. The molecule has 19 heavy (non-hydrogen) atoms. The predicted octanol–water partition coefficient (Wildman–Crippen LogP) is 1.14. The summed E-state index contributed by atoms with van der Waals surface area (Å²) >= 11 is 0. The molecule has 104 valence electrons. The minimum Gasteiger partial charge on any atom is -0.478 e. The second-order valence-electron chi connectivity index (χ2n) is 4.61. The Labute approximate surface area is 111 Å². The molecule has 2 rings (SSSR count). The topological polar surface area (TPSA) is 96.4 Å². The summed E-state index contributed by atoms with van der Waals surface area (Å²) in [4.78, 5) is 14.8. The second-order valence-corrected chi connectivity index (χ2v) is 6.66. The highest BCUT2D eigenvalue weighted by molar-refractivity contribution is 7.90. The number of nitrogens with zero attached hydrogens (tertiary/aromatic N) is 1. The Morgan fingerprint density at radius 3 is 2.74 bits per heavy atom.